The van der Waals surface area contributed by atoms with E-state index < -0.39 is 0 Å². The SMILES string of the molecule is c1ccc(-c2c(N(c3ccccc3)c3cc4ccccc4c4ccccc34)ccc3oc4c5ccccc5c5ccccc5c4c23)cc1. The van der Waals surface area contributed by atoms with Crippen LogP contribution in [0.1, 0.15) is 0 Å². The molecule has 0 aliphatic carbocycles. The van der Waals surface area contributed by atoms with Crippen molar-refractivity contribution in [2.45, 2.75) is 0 Å². The summed E-state index contributed by atoms with van der Waals surface area (Å²) in [6, 6.07) is 63.1. The van der Waals surface area contributed by atoms with Gasteiger partial charge in [0.05, 0.1) is 11.4 Å². The van der Waals surface area contributed by atoms with Crippen molar-refractivity contribution < 1.29 is 4.42 Å². The molecule has 0 atom stereocenters. The molecule has 0 N–H and O–H groups in total. The summed E-state index contributed by atoms with van der Waals surface area (Å²) in [5.41, 5.74) is 7.42. The van der Waals surface area contributed by atoms with Crippen LogP contribution in [-0.2, 0) is 0 Å². The molecule has 1 aromatic heterocycles. The fourth-order valence-electron chi connectivity index (χ4n) is 7.77. The Kier molecular flexibility index (Phi) is 5.91. The molecule has 2 nitrogen and oxygen atoms in total. The van der Waals surface area contributed by atoms with E-state index in [-0.39, 0.29) is 0 Å². The Bertz CT molecular complexity index is 2830. The molecular formula is C46H29NO. The number of anilines is 3. The minimum atomic E-state index is 0.880. The van der Waals surface area contributed by atoms with E-state index in [4.69, 9.17) is 4.42 Å². The second-order valence-electron chi connectivity index (χ2n) is 12.4. The summed E-state index contributed by atoms with van der Waals surface area (Å²) in [4.78, 5) is 2.44. The van der Waals surface area contributed by atoms with Gasteiger partial charge < -0.3 is 9.32 Å². The number of rotatable bonds is 4. The highest BCUT2D eigenvalue weighted by Crippen LogP contribution is 2.51. The fraction of sp³-hybridized carbons (Fsp3) is 0. The van der Waals surface area contributed by atoms with Crippen molar-refractivity contribution in [3.63, 3.8) is 0 Å². The minimum Gasteiger partial charge on any atom is -0.455 e. The Hall–Kier alpha value is -6.38. The summed E-state index contributed by atoms with van der Waals surface area (Å²) < 4.78 is 6.89. The highest BCUT2D eigenvalue weighted by molar-refractivity contribution is 6.33. The van der Waals surface area contributed by atoms with Crippen LogP contribution in [0.4, 0.5) is 17.1 Å². The zero-order chi connectivity index (χ0) is 31.6. The Morgan fingerprint density at radius 3 is 1.65 bits per heavy atom. The van der Waals surface area contributed by atoms with Crippen LogP contribution in [0.5, 0.6) is 0 Å². The molecule has 0 amide bonds. The average Bonchev–Trinajstić information content (AvgIpc) is 3.56. The number of hydrogen-bond acceptors (Lipinski definition) is 2. The molecule has 0 fully saturated rings. The van der Waals surface area contributed by atoms with Crippen LogP contribution in [0.15, 0.2) is 180 Å². The first-order valence-corrected chi connectivity index (χ1v) is 16.4. The highest BCUT2D eigenvalue weighted by atomic mass is 16.3. The van der Waals surface area contributed by atoms with E-state index in [1.165, 1.54) is 37.7 Å². The van der Waals surface area contributed by atoms with Gasteiger partial charge in [0.2, 0.25) is 0 Å². The van der Waals surface area contributed by atoms with Crippen LogP contribution < -0.4 is 4.90 Å². The van der Waals surface area contributed by atoms with E-state index in [1.54, 1.807) is 0 Å². The van der Waals surface area contributed by atoms with Gasteiger partial charge in [0.25, 0.3) is 0 Å². The van der Waals surface area contributed by atoms with Crippen LogP contribution in [0.25, 0.3) is 76.2 Å². The molecule has 0 bridgehead atoms. The van der Waals surface area contributed by atoms with Gasteiger partial charge in [0.1, 0.15) is 11.2 Å². The van der Waals surface area contributed by atoms with Gasteiger partial charge in [-0.2, -0.15) is 0 Å². The first-order chi connectivity index (χ1) is 23.8. The monoisotopic (exact) mass is 611 g/mol. The van der Waals surface area contributed by atoms with Crippen molar-refractivity contribution >= 4 is 82.1 Å². The number of fused-ring (bicyclic) bond motifs is 11. The molecule has 48 heavy (non-hydrogen) atoms. The molecule has 10 rings (SSSR count). The molecule has 0 saturated heterocycles. The predicted octanol–water partition coefficient (Wildman–Crippen LogP) is 13.3. The first-order valence-electron chi connectivity index (χ1n) is 16.4. The quantitative estimate of drug-likeness (QED) is 0.184. The lowest BCUT2D eigenvalue weighted by atomic mass is 9.92. The van der Waals surface area contributed by atoms with Gasteiger partial charge >= 0.3 is 0 Å². The van der Waals surface area contributed by atoms with Gasteiger partial charge in [-0.15, -0.1) is 0 Å². The van der Waals surface area contributed by atoms with Gasteiger partial charge in [0, 0.05) is 32.8 Å². The van der Waals surface area contributed by atoms with Crippen LogP contribution in [0.3, 0.4) is 0 Å². The molecule has 0 radical (unpaired) electrons. The van der Waals surface area contributed by atoms with Gasteiger partial charge in [0.15, 0.2) is 0 Å². The van der Waals surface area contributed by atoms with Gasteiger partial charge in [-0.3, -0.25) is 0 Å². The lowest BCUT2D eigenvalue weighted by Crippen LogP contribution is -2.12. The van der Waals surface area contributed by atoms with Crippen molar-refractivity contribution in [2.24, 2.45) is 0 Å². The number of hydrogen-bond donors (Lipinski definition) is 0. The molecule has 0 aliphatic heterocycles. The molecule has 0 aliphatic rings. The minimum absolute atomic E-state index is 0.880. The Labute approximate surface area is 277 Å². The number of furan rings is 1. The van der Waals surface area contributed by atoms with Gasteiger partial charge in [-0.1, -0.05) is 146 Å². The van der Waals surface area contributed by atoms with Gasteiger partial charge in [-0.25, -0.2) is 0 Å². The first kappa shape index (κ1) is 26.8. The van der Waals surface area contributed by atoms with Crippen molar-refractivity contribution in [3.8, 4) is 11.1 Å². The topological polar surface area (TPSA) is 16.4 Å². The lowest BCUT2D eigenvalue weighted by Gasteiger charge is -2.30. The van der Waals surface area contributed by atoms with E-state index in [0.717, 1.165) is 55.5 Å². The van der Waals surface area contributed by atoms with Crippen LogP contribution in [-0.4, -0.2) is 0 Å². The Morgan fingerprint density at radius 2 is 0.917 bits per heavy atom. The van der Waals surface area contributed by atoms with Crippen molar-refractivity contribution in [1.29, 1.82) is 0 Å². The molecule has 0 unspecified atom stereocenters. The fourth-order valence-corrected chi connectivity index (χ4v) is 7.77. The molecule has 9 aromatic carbocycles. The number of para-hydroxylation sites is 1. The van der Waals surface area contributed by atoms with E-state index in [0.29, 0.717) is 0 Å². The zero-order valence-corrected chi connectivity index (χ0v) is 26.1. The molecule has 0 spiro atoms. The second kappa shape index (κ2) is 10.6. The molecular weight excluding hydrogens is 583 g/mol. The van der Waals surface area contributed by atoms with Crippen molar-refractivity contribution in [2.75, 3.05) is 4.90 Å². The maximum absolute atomic E-state index is 6.89. The molecule has 0 saturated carbocycles. The van der Waals surface area contributed by atoms with Crippen LogP contribution in [0, 0.1) is 0 Å². The third-order valence-electron chi connectivity index (χ3n) is 9.80. The second-order valence-corrected chi connectivity index (χ2v) is 12.4. The standard InChI is InChI=1S/C46H29NO/c1-3-15-30(16-4-1)43-40(27-28-42-45(43)44-38-25-13-10-22-35(38)36-23-11-14-26-39(36)46(44)48-42)47(32-18-5-2-6-19-32)41-29-31-17-7-8-20-33(31)34-21-9-12-24-37(34)41/h1-29H. The Morgan fingerprint density at radius 1 is 0.375 bits per heavy atom. The predicted molar refractivity (Wildman–Crippen MR) is 204 cm³/mol. The number of nitrogens with zero attached hydrogens (tertiary/aromatic N) is 1. The summed E-state index contributed by atoms with van der Waals surface area (Å²) in [5, 5.41) is 11.9. The van der Waals surface area contributed by atoms with Crippen LogP contribution >= 0.6 is 0 Å². The average molecular weight is 612 g/mol. The van der Waals surface area contributed by atoms with Crippen molar-refractivity contribution in [3.05, 3.63) is 176 Å². The van der Waals surface area contributed by atoms with E-state index in [2.05, 4.69) is 181 Å². The summed E-state index contributed by atoms with van der Waals surface area (Å²) in [6.45, 7) is 0. The van der Waals surface area contributed by atoms with E-state index in [1.807, 2.05) is 0 Å². The largest absolute Gasteiger partial charge is 0.455 e. The molecule has 2 heteroatoms. The van der Waals surface area contributed by atoms with Crippen molar-refractivity contribution in [1.82, 2.24) is 0 Å². The smallest absolute Gasteiger partial charge is 0.143 e. The summed E-state index contributed by atoms with van der Waals surface area (Å²) in [6.07, 6.45) is 0. The third kappa shape index (κ3) is 3.93. The van der Waals surface area contributed by atoms with E-state index >= 15 is 0 Å². The normalized spacial score (nSPS) is 11.8. The maximum atomic E-state index is 6.89. The Balaban J connectivity index is 1.41. The number of benzene rings is 9. The van der Waals surface area contributed by atoms with Gasteiger partial charge in [-0.05, 0) is 68.2 Å². The highest BCUT2D eigenvalue weighted by Gasteiger charge is 2.25. The molecule has 224 valence electrons. The summed E-state index contributed by atoms with van der Waals surface area (Å²) >= 11 is 0. The van der Waals surface area contributed by atoms with E-state index in [9.17, 15) is 0 Å². The maximum Gasteiger partial charge on any atom is 0.143 e. The third-order valence-corrected chi connectivity index (χ3v) is 9.80. The summed E-state index contributed by atoms with van der Waals surface area (Å²) in [7, 11) is 0. The molecule has 10 aromatic rings. The zero-order valence-electron chi connectivity index (χ0n) is 26.1. The van der Waals surface area contributed by atoms with Crippen LogP contribution in [0.2, 0.25) is 0 Å². The summed E-state index contributed by atoms with van der Waals surface area (Å²) in [5.74, 6) is 0. The molecule has 1 heterocycles. The lowest BCUT2D eigenvalue weighted by molar-refractivity contribution is 0.673.